The molecule has 0 aliphatic heterocycles. The molecule has 0 aliphatic rings. The number of carbonyl (C=O) groups excluding carboxylic acids is 2. The molecule has 0 saturated carbocycles. The third-order valence-corrected chi connectivity index (χ3v) is 6.02. The summed E-state index contributed by atoms with van der Waals surface area (Å²) in [6.45, 7) is 10.6. The van der Waals surface area contributed by atoms with Crippen molar-refractivity contribution in [2.75, 3.05) is 11.9 Å². The summed E-state index contributed by atoms with van der Waals surface area (Å²) in [5, 5.41) is 11.8. The normalized spacial score (nSPS) is 13.5. The number of nitrogens with zero attached hydrogens (tertiary/aromatic N) is 1. The first-order chi connectivity index (χ1) is 12.8. The molecule has 1 atom stereocenters. The topological polar surface area (TPSA) is 116 Å². The van der Waals surface area contributed by atoms with Gasteiger partial charge in [-0.1, -0.05) is 40.7 Å². The number of hydroxylamine groups is 1. The fraction of sp³-hybridized carbons (Fsp3) is 0.579. The molecule has 1 aromatic carbocycles. The second kappa shape index (κ2) is 9.49. The maximum atomic E-state index is 13.4. The van der Waals surface area contributed by atoms with Gasteiger partial charge in [-0.2, -0.15) is 4.31 Å². The Morgan fingerprint density at radius 3 is 2.29 bits per heavy atom. The van der Waals surface area contributed by atoms with Crippen molar-refractivity contribution in [3.63, 3.8) is 0 Å². The molecule has 0 spiro atoms. The van der Waals surface area contributed by atoms with Crippen LogP contribution in [0.3, 0.4) is 0 Å². The molecule has 1 rings (SSSR count). The Morgan fingerprint density at radius 2 is 1.82 bits per heavy atom. The lowest BCUT2D eigenvalue weighted by molar-refractivity contribution is -0.136. The number of amides is 2. The highest BCUT2D eigenvalue weighted by molar-refractivity contribution is 7.89. The van der Waals surface area contributed by atoms with Gasteiger partial charge in [-0.3, -0.25) is 14.8 Å². The van der Waals surface area contributed by atoms with Crippen LogP contribution in [-0.2, 0) is 19.6 Å². The van der Waals surface area contributed by atoms with Crippen molar-refractivity contribution >= 4 is 27.5 Å². The zero-order valence-corrected chi connectivity index (χ0v) is 18.1. The van der Waals surface area contributed by atoms with E-state index in [4.69, 9.17) is 0 Å². The summed E-state index contributed by atoms with van der Waals surface area (Å²) in [7, 11) is -4.08. The molecule has 2 amide bonds. The molecule has 8 nitrogen and oxygen atoms in total. The maximum absolute atomic E-state index is 13.4. The highest BCUT2D eigenvalue weighted by atomic mass is 32.2. The molecule has 1 aromatic rings. The molecule has 28 heavy (non-hydrogen) atoms. The molecule has 3 N–H and O–H groups in total. The zero-order chi connectivity index (χ0) is 21.7. The van der Waals surface area contributed by atoms with E-state index < -0.39 is 27.4 Å². The first-order valence-electron chi connectivity index (χ1n) is 9.14. The molecular formula is C19H31N3O5S. The fourth-order valence-corrected chi connectivity index (χ4v) is 4.70. The van der Waals surface area contributed by atoms with Gasteiger partial charge in [0, 0.05) is 19.2 Å². The van der Waals surface area contributed by atoms with Crippen LogP contribution in [0.15, 0.2) is 29.2 Å². The zero-order valence-electron chi connectivity index (χ0n) is 17.3. The molecular weight excluding hydrogens is 382 g/mol. The second-order valence-corrected chi connectivity index (χ2v) is 10.1. The van der Waals surface area contributed by atoms with Gasteiger partial charge in [-0.15, -0.1) is 0 Å². The molecule has 0 bridgehead atoms. The van der Waals surface area contributed by atoms with Crippen LogP contribution in [0.5, 0.6) is 0 Å². The van der Waals surface area contributed by atoms with E-state index in [1.54, 1.807) is 32.3 Å². The fourth-order valence-electron chi connectivity index (χ4n) is 2.86. The van der Waals surface area contributed by atoms with Gasteiger partial charge in [0.25, 0.3) is 5.91 Å². The minimum absolute atomic E-state index is 0.0394. The first-order valence-corrected chi connectivity index (χ1v) is 10.6. The van der Waals surface area contributed by atoms with Gasteiger partial charge in [-0.05, 0) is 36.0 Å². The Kier molecular flexibility index (Phi) is 8.16. The van der Waals surface area contributed by atoms with Crippen LogP contribution >= 0.6 is 0 Å². The van der Waals surface area contributed by atoms with Gasteiger partial charge in [0.1, 0.15) is 6.04 Å². The minimum Gasteiger partial charge on any atom is -0.326 e. The van der Waals surface area contributed by atoms with Gasteiger partial charge in [0.2, 0.25) is 15.9 Å². The van der Waals surface area contributed by atoms with Crippen LogP contribution < -0.4 is 10.8 Å². The molecule has 0 aliphatic carbocycles. The Hall–Kier alpha value is -1.97. The van der Waals surface area contributed by atoms with Crippen molar-refractivity contribution in [1.29, 1.82) is 0 Å². The average Bonchev–Trinajstić information content (AvgIpc) is 2.56. The van der Waals surface area contributed by atoms with E-state index >= 15 is 0 Å². The standard InChI is InChI=1S/C19H31N3O5S/c1-13(2)10-11-22(17(18(24)21-25)19(4,5)6)28(26,27)16-9-7-8-15(12-16)20-14(3)23/h7-9,12-13,17,25H,10-11H2,1-6H3,(H,20,23)(H,21,24)/t17-/m0/s1. The van der Waals surface area contributed by atoms with Crippen LogP contribution in [-0.4, -0.2) is 42.3 Å². The van der Waals surface area contributed by atoms with Crippen molar-refractivity contribution in [2.24, 2.45) is 11.3 Å². The molecule has 158 valence electrons. The smallest absolute Gasteiger partial charge is 0.262 e. The Balaban J connectivity index is 3.50. The number of nitrogens with one attached hydrogen (secondary N) is 2. The number of anilines is 1. The quantitative estimate of drug-likeness (QED) is 0.447. The molecule has 0 heterocycles. The van der Waals surface area contributed by atoms with Crippen LogP contribution in [0.4, 0.5) is 5.69 Å². The molecule has 9 heteroatoms. The molecule has 0 fully saturated rings. The highest BCUT2D eigenvalue weighted by Gasteiger charge is 2.42. The van der Waals surface area contributed by atoms with E-state index in [1.165, 1.54) is 25.1 Å². The van der Waals surface area contributed by atoms with Gasteiger partial charge >= 0.3 is 0 Å². The number of benzene rings is 1. The van der Waals surface area contributed by atoms with Crippen molar-refractivity contribution in [3.8, 4) is 0 Å². The Morgan fingerprint density at radius 1 is 1.21 bits per heavy atom. The van der Waals surface area contributed by atoms with E-state index in [-0.39, 0.29) is 23.3 Å². The summed E-state index contributed by atoms with van der Waals surface area (Å²) in [5.74, 6) is -0.905. The van der Waals surface area contributed by atoms with E-state index in [2.05, 4.69) is 5.32 Å². The first kappa shape index (κ1) is 24.1. The SMILES string of the molecule is CC(=O)Nc1cccc(S(=O)(=O)N(CCC(C)C)[C@@H](C(=O)NO)C(C)(C)C)c1. The lowest BCUT2D eigenvalue weighted by Crippen LogP contribution is -2.55. The number of hydrogen-bond donors (Lipinski definition) is 3. The van der Waals surface area contributed by atoms with Gasteiger partial charge in [0.15, 0.2) is 0 Å². The Bertz CT molecular complexity index is 800. The third-order valence-electron chi connectivity index (χ3n) is 4.15. The predicted molar refractivity (Wildman–Crippen MR) is 107 cm³/mol. The monoisotopic (exact) mass is 413 g/mol. The van der Waals surface area contributed by atoms with Crippen molar-refractivity contribution in [3.05, 3.63) is 24.3 Å². The van der Waals surface area contributed by atoms with Gasteiger partial charge in [-0.25, -0.2) is 13.9 Å². The van der Waals surface area contributed by atoms with E-state index in [0.29, 0.717) is 12.1 Å². The van der Waals surface area contributed by atoms with Crippen molar-refractivity contribution in [1.82, 2.24) is 9.79 Å². The minimum atomic E-state index is -4.08. The Labute approximate surface area is 167 Å². The predicted octanol–water partition coefficient (Wildman–Crippen LogP) is 2.60. The maximum Gasteiger partial charge on any atom is 0.262 e. The lowest BCUT2D eigenvalue weighted by Gasteiger charge is -2.38. The highest BCUT2D eigenvalue weighted by Crippen LogP contribution is 2.31. The largest absolute Gasteiger partial charge is 0.326 e. The van der Waals surface area contributed by atoms with Crippen LogP contribution in [0.25, 0.3) is 0 Å². The summed E-state index contributed by atoms with van der Waals surface area (Å²) in [4.78, 5) is 23.7. The molecule has 0 radical (unpaired) electrons. The molecule has 0 saturated heterocycles. The van der Waals surface area contributed by atoms with E-state index in [9.17, 15) is 23.2 Å². The summed E-state index contributed by atoms with van der Waals surface area (Å²) in [6, 6.07) is 4.76. The number of hydrogen-bond acceptors (Lipinski definition) is 5. The van der Waals surface area contributed by atoms with Crippen molar-refractivity contribution < 1.29 is 23.2 Å². The average molecular weight is 414 g/mol. The summed E-state index contributed by atoms with van der Waals surface area (Å²) in [5.41, 5.74) is 1.17. The summed E-state index contributed by atoms with van der Waals surface area (Å²) < 4.78 is 28.0. The van der Waals surface area contributed by atoms with E-state index in [1.807, 2.05) is 13.8 Å². The lowest BCUT2D eigenvalue weighted by atomic mass is 9.86. The van der Waals surface area contributed by atoms with Gasteiger partial charge in [0.05, 0.1) is 4.90 Å². The van der Waals surface area contributed by atoms with E-state index in [0.717, 1.165) is 4.31 Å². The molecule has 0 aromatic heterocycles. The van der Waals surface area contributed by atoms with Crippen LogP contribution in [0.2, 0.25) is 0 Å². The summed E-state index contributed by atoms with van der Waals surface area (Å²) >= 11 is 0. The van der Waals surface area contributed by atoms with Crippen molar-refractivity contribution in [2.45, 2.75) is 58.9 Å². The van der Waals surface area contributed by atoms with Crippen LogP contribution in [0, 0.1) is 11.3 Å². The number of rotatable bonds is 8. The summed E-state index contributed by atoms with van der Waals surface area (Å²) in [6.07, 6.45) is 0.538. The van der Waals surface area contributed by atoms with Gasteiger partial charge < -0.3 is 5.32 Å². The number of sulfonamides is 1. The number of carbonyl (C=O) groups is 2. The third kappa shape index (κ3) is 6.29. The van der Waals surface area contributed by atoms with Crippen LogP contribution in [0.1, 0.15) is 48.0 Å². The molecule has 0 unspecified atom stereocenters. The second-order valence-electron chi connectivity index (χ2n) is 8.25.